The Morgan fingerprint density at radius 1 is 1.27 bits per heavy atom. The lowest BCUT2D eigenvalue weighted by molar-refractivity contribution is -0.131. The lowest BCUT2D eigenvalue weighted by Crippen LogP contribution is -2.46. The Morgan fingerprint density at radius 3 is 3.12 bits per heavy atom. The van der Waals surface area contributed by atoms with Crippen molar-refractivity contribution in [3.8, 4) is 0 Å². The van der Waals surface area contributed by atoms with Gasteiger partial charge in [0.05, 0.1) is 18.0 Å². The molecule has 132 valence electrons. The summed E-state index contributed by atoms with van der Waals surface area (Å²) in [5.41, 5.74) is 2.49. The first-order valence-electron chi connectivity index (χ1n) is 8.71. The van der Waals surface area contributed by atoms with Crippen molar-refractivity contribution in [1.82, 2.24) is 15.3 Å². The molecule has 0 aliphatic carbocycles. The molecule has 26 heavy (non-hydrogen) atoms. The Morgan fingerprint density at radius 2 is 2.19 bits per heavy atom. The molecule has 5 rings (SSSR count). The summed E-state index contributed by atoms with van der Waals surface area (Å²) in [5, 5.41) is 6.19. The van der Waals surface area contributed by atoms with Crippen LogP contribution in [0.3, 0.4) is 0 Å². The Labute approximate surface area is 154 Å². The van der Waals surface area contributed by atoms with Crippen molar-refractivity contribution in [3.05, 3.63) is 47.6 Å². The molecule has 0 radical (unpaired) electrons. The molecule has 2 aliphatic rings. The first-order valence-corrected chi connectivity index (χ1v) is 9.59. The van der Waals surface area contributed by atoms with E-state index in [1.165, 1.54) is 11.3 Å². The van der Waals surface area contributed by atoms with Crippen LogP contribution in [0.5, 0.6) is 0 Å². The number of hydrogen-bond donors (Lipinski definition) is 1. The second kappa shape index (κ2) is 6.34. The van der Waals surface area contributed by atoms with Gasteiger partial charge in [-0.05, 0) is 29.5 Å². The fraction of sp³-hybridized carbons (Fsp3) is 0.316. The number of ether oxygens (including phenoxy) is 1. The van der Waals surface area contributed by atoms with Crippen LogP contribution in [-0.4, -0.2) is 41.7 Å². The van der Waals surface area contributed by atoms with Gasteiger partial charge >= 0.3 is 0 Å². The van der Waals surface area contributed by atoms with E-state index in [9.17, 15) is 4.79 Å². The molecule has 4 heterocycles. The van der Waals surface area contributed by atoms with Gasteiger partial charge in [-0.15, -0.1) is 11.3 Å². The third-order valence-electron chi connectivity index (χ3n) is 5.05. The predicted molar refractivity (Wildman–Crippen MR) is 101 cm³/mol. The number of carbonyl (C=O) groups is 1. The lowest BCUT2D eigenvalue weighted by atomic mass is 9.94. The van der Waals surface area contributed by atoms with Gasteiger partial charge < -0.3 is 15.0 Å². The molecule has 2 aliphatic heterocycles. The molecule has 2 unspecified atom stereocenters. The summed E-state index contributed by atoms with van der Waals surface area (Å²) in [6.45, 7) is 1.58. The van der Waals surface area contributed by atoms with E-state index < -0.39 is 0 Å². The SMILES string of the molecule is O=C1COCC(CC2CN(c3ncnc4sccc34)c3ccccc32)N1. The number of nitrogens with zero attached hydrogens (tertiary/aromatic N) is 3. The molecular formula is C19H18N4O2S. The molecule has 0 bridgehead atoms. The van der Waals surface area contributed by atoms with Crippen LogP contribution in [0, 0.1) is 0 Å². The van der Waals surface area contributed by atoms with Crippen LogP contribution in [0.2, 0.25) is 0 Å². The molecule has 0 saturated carbocycles. The standard InChI is InChI=1S/C19H18N4O2S/c24-17-10-25-9-13(22-17)7-12-8-23(16-4-2-1-3-14(12)16)18-15-5-6-26-19(15)21-11-20-18/h1-6,11-13H,7-10H2,(H,22,24). The average molecular weight is 366 g/mol. The maximum Gasteiger partial charge on any atom is 0.246 e. The highest BCUT2D eigenvalue weighted by molar-refractivity contribution is 7.16. The largest absolute Gasteiger partial charge is 0.370 e. The number of morpholine rings is 1. The zero-order valence-electron chi connectivity index (χ0n) is 14.1. The molecule has 1 N–H and O–H groups in total. The Bertz CT molecular complexity index is 973. The van der Waals surface area contributed by atoms with E-state index in [2.05, 4.69) is 55.9 Å². The monoisotopic (exact) mass is 366 g/mol. The van der Waals surface area contributed by atoms with Crippen LogP contribution in [0.4, 0.5) is 11.5 Å². The zero-order chi connectivity index (χ0) is 17.5. The fourth-order valence-electron chi connectivity index (χ4n) is 3.97. The Kier molecular flexibility index (Phi) is 3.83. The van der Waals surface area contributed by atoms with Crippen molar-refractivity contribution >= 4 is 39.0 Å². The number of benzene rings is 1. The van der Waals surface area contributed by atoms with Crippen LogP contribution in [0.25, 0.3) is 10.2 Å². The van der Waals surface area contributed by atoms with Crippen LogP contribution >= 0.6 is 11.3 Å². The van der Waals surface area contributed by atoms with Crippen LogP contribution in [0.15, 0.2) is 42.0 Å². The summed E-state index contributed by atoms with van der Waals surface area (Å²) in [6, 6.07) is 10.6. The summed E-state index contributed by atoms with van der Waals surface area (Å²) >= 11 is 1.63. The number of aromatic nitrogens is 2. The molecular weight excluding hydrogens is 348 g/mol. The third-order valence-corrected chi connectivity index (χ3v) is 5.87. The van der Waals surface area contributed by atoms with Gasteiger partial charge in [0.15, 0.2) is 0 Å². The van der Waals surface area contributed by atoms with Gasteiger partial charge in [0.25, 0.3) is 0 Å². The average Bonchev–Trinajstić information content (AvgIpc) is 3.27. The van der Waals surface area contributed by atoms with Crippen molar-refractivity contribution < 1.29 is 9.53 Å². The van der Waals surface area contributed by atoms with Crippen molar-refractivity contribution in [1.29, 1.82) is 0 Å². The molecule has 2 aromatic heterocycles. The van der Waals surface area contributed by atoms with E-state index in [4.69, 9.17) is 4.74 Å². The molecule has 0 spiro atoms. The highest BCUT2D eigenvalue weighted by atomic mass is 32.1. The molecule has 2 atom stereocenters. The molecule has 1 aromatic carbocycles. The minimum Gasteiger partial charge on any atom is -0.370 e. The number of carbonyl (C=O) groups excluding carboxylic acids is 1. The molecule has 6 nitrogen and oxygen atoms in total. The van der Waals surface area contributed by atoms with E-state index in [0.717, 1.165) is 29.0 Å². The molecule has 1 fully saturated rings. The molecule has 1 amide bonds. The van der Waals surface area contributed by atoms with Gasteiger partial charge in [0, 0.05) is 18.2 Å². The number of rotatable bonds is 3. The summed E-state index contributed by atoms with van der Waals surface area (Å²) in [4.78, 5) is 23.9. The van der Waals surface area contributed by atoms with E-state index in [0.29, 0.717) is 12.5 Å². The first kappa shape index (κ1) is 15.7. The van der Waals surface area contributed by atoms with Gasteiger partial charge in [0.1, 0.15) is 23.6 Å². The quantitative estimate of drug-likeness (QED) is 0.772. The van der Waals surface area contributed by atoms with Crippen molar-refractivity contribution in [2.45, 2.75) is 18.4 Å². The number of anilines is 2. The van der Waals surface area contributed by atoms with Crippen LogP contribution in [-0.2, 0) is 9.53 Å². The maximum atomic E-state index is 11.6. The van der Waals surface area contributed by atoms with E-state index in [1.807, 2.05) is 0 Å². The summed E-state index contributed by atoms with van der Waals surface area (Å²) < 4.78 is 5.41. The Hall–Kier alpha value is -2.51. The normalized spacial score (nSPS) is 22.5. The van der Waals surface area contributed by atoms with Crippen LogP contribution in [0.1, 0.15) is 17.9 Å². The third kappa shape index (κ3) is 2.64. The predicted octanol–water partition coefficient (Wildman–Crippen LogP) is 2.83. The summed E-state index contributed by atoms with van der Waals surface area (Å²) in [5.74, 6) is 1.25. The van der Waals surface area contributed by atoms with Gasteiger partial charge in [-0.25, -0.2) is 9.97 Å². The minimum atomic E-state index is -0.0276. The van der Waals surface area contributed by atoms with E-state index in [-0.39, 0.29) is 18.6 Å². The summed E-state index contributed by atoms with van der Waals surface area (Å²) in [7, 11) is 0. The Balaban J connectivity index is 1.49. The van der Waals surface area contributed by atoms with E-state index in [1.54, 1.807) is 17.7 Å². The number of para-hydroxylation sites is 1. The number of hydrogen-bond acceptors (Lipinski definition) is 6. The van der Waals surface area contributed by atoms with Gasteiger partial charge in [0.2, 0.25) is 5.91 Å². The van der Waals surface area contributed by atoms with Crippen molar-refractivity contribution in [3.63, 3.8) is 0 Å². The molecule has 3 aromatic rings. The minimum absolute atomic E-state index is 0.0276. The van der Waals surface area contributed by atoms with E-state index >= 15 is 0 Å². The first-order chi connectivity index (χ1) is 12.8. The lowest BCUT2D eigenvalue weighted by Gasteiger charge is -2.26. The fourth-order valence-corrected chi connectivity index (χ4v) is 4.69. The highest BCUT2D eigenvalue weighted by Gasteiger charge is 2.33. The number of fused-ring (bicyclic) bond motifs is 2. The van der Waals surface area contributed by atoms with Gasteiger partial charge in [-0.2, -0.15) is 0 Å². The van der Waals surface area contributed by atoms with Gasteiger partial charge in [-0.1, -0.05) is 18.2 Å². The number of nitrogens with one attached hydrogen (secondary N) is 1. The summed E-state index contributed by atoms with van der Waals surface area (Å²) in [6.07, 6.45) is 2.50. The molecule has 1 saturated heterocycles. The second-order valence-electron chi connectivity index (χ2n) is 6.72. The molecule has 7 heteroatoms. The number of amides is 1. The maximum absolute atomic E-state index is 11.6. The zero-order valence-corrected chi connectivity index (χ0v) is 14.9. The topological polar surface area (TPSA) is 67.3 Å². The van der Waals surface area contributed by atoms with Crippen molar-refractivity contribution in [2.24, 2.45) is 0 Å². The highest BCUT2D eigenvalue weighted by Crippen LogP contribution is 2.44. The number of thiophene rings is 1. The van der Waals surface area contributed by atoms with Crippen LogP contribution < -0.4 is 10.2 Å². The van der Waals surface area contributed by atoms with Crippen molar-refractivity contribution in [2.75, 3.05) is 24.7 Å². The van der Waals surface area contributed by atoms with Gasteiger partial charge in [-0.3, -0.25) is 4.79 Å². The second-order valence-corrected chi connectivity index (χ2v) is 7.61. The smallest absolute Gasteiger partial charge is 0.246 e.